The Morgan fingerprint density at radius 1 is 1.37 bits per heavy atom. The Bertz CT molecular complexity index is 470. The van der Waals surface area contributed by atoms with Crippen molar-refractivity contribution in [3.63, 3.8) is 0 Å². The first-order valence-corrected chi connectivity index (χ1v) is 6.41. The van der Waals surface area contributed by atoms with Crippen LogP contribution in [0.4, 0.5) is 4.79 Å². The minimum Gasteiger partial charge on any atom is -0.480 e. The number of aliphatic carboxylic acids is 1. The van der Waals surface area contributed by atoms with Gasteiger partial charge in [0.15, 0.2) is 0 Å². The molecule has 1 saturated heterocycles. The number of hydrogen-bond donors (Lipinski definition) is 2. The second-order valence-electron chi connectivity index (χ2n) is 4.83. The summed E-state index contributed by atoms with van der Waals surface area (Å²) in [5.74, 6) is -0.928. The van der Waals surface area contributed by atoms with Crippen LogP contribution in [0.1, 0.15) is 24.0 Å². The number of hydrogen-bond acceptors (Lipinski definition) is 2. The molecule has 0 bridgehead atoms. The highest BCUT2D eigenvalue weighted by molar-refractivity contribution is 5.83. The second-order valence-corrected chi connectivity index (χ2v) is 4.83. The maximum Gasteiger partial charge on any atom is 0.326 e. The van der Waals surface area contributed by atoms with E-state index in [2.05, 4.69) is 5.32 Å². The average molecular weight is 262 g/mol. The lowest BCUT2D eigenvalue weighted by Crippen LogP contribution is -2.45. The number of benzene rings is 1. The number of nitrogens with zero attached hydrogens (tertiary/aromatic N) is 1. The van der Waals surface area contributed by atoms with Crippen molar-refractivity contribution in [3.8, 4) is 0 Å². The number of likely N-dealkylation sites (tertiary alicyclic amines) is 1. The molecule has 0 spiro atoms. The molecule has 5 heteroatoms. The maximum absolute atomic E-state index is 12.0. The summed E-state index contributed by atoms with van der Waals surface area (Å²) in [6.07, 6.45) is 1.28. The van der Waals surface area contributed by atoms with Crippen LogP contribution in [-0.2, 0) is 11.3 Å². The number of rotatable bonds is 3. The van der Waals surface area contributed by atoms with Gasteiger partial charge in [-0.1, -0.05) is 29.8 Å². The predicted molar refractivity (Wildman–Crippen MR) is 70.8 cm³/mol. The highest BCUT2D eigenvalue weighted by Gasteiger charge is 2.33. The summed E-state index contributed by atoms with van der Waals surface area (Å²) in [5, 5.41) is 11.8. The van der Waals surface area contributed by atoms with E-state index in [-0.39, 0.29) is 6.03 Å². The first kappa shape index (κ1) is 13.4. The van der Waals surface area contributed by atoms with Gasteiger partial charge in [0.1, 0.15) is 6.04 Å². The number of amides is 2. The first-order chi connectivity index (χ1) is 9.08. The van der Waals surface area contributed by atoms with E-state index in [1.807, 2.05) is 31.2 Å². The van der Waals surface area contributed by atoms with Crippen LogP contribution < -0.4 is 5.32 Å². The van der Waals surface area contributed by atoms with Crippen LogP contribution >= 0.6 is 0 Å². The topological polar surface area (TPSA) is 69.6 Å². The van der Waals surface area contributed by atoms with Crippen LogP contribution in [0, 0.1) is 6.92 Å². The molecule has 1 heterocycles. The highest BCUT2D eigenvalue weighted by Crippen LogP contribution is 2.17. The van der Waals surface area contributed by atoms with Crippen molar-refractivity contribution in [1.82, 2.24) is 10.2 Å². The summed E-state index contributed by atoms with van der Waals surface area (Å²) >= 11 is 0. The molecule has 1 fully saturated rings. The summed E-state index contributed by atoms with van der Waals surface area (Å²) in [5.41, 5.74) is 2.17. The summed E-state index contributed by atoms with van der Waals surface area (Å²) in [7, 11) is 0. The van der Waals surface area contributed by atoms with Crippen molar-refractivity contribution in [3.05, 3.63) is 35.4 Å². The van der Waals surface area contributed by atoms with Crippen LogP contribution in [0.25, 0.3) is 0 Å². The van der Waals surface area contributed by atoms with Gasteiger partial charge < -0.3 is 15.3 Å². The van der Waals surface area contributed by atoms with Gasteiger partial charge in [-0.2, -0.15) is 0 Å². The van der Waals surface area contributed by atoms with E-state index in [0.717, 1.165) is 12.0 Å². The standard InChI is InChI=1S/C14H18N2O3/c1-10-4-6-11(7-5-10)9-15-14(19)16-8-2-3-12(16)13(17)18/h4-7,12H,2-3,8-9H2,1H3,(H,15,19)(H,17,18)/t12-/m0/s1. The lowest BCUT2D eigenvalue weighted by atomic mass is 10.1. The SMILES string of the molecule is Cc1ccc(CNC(=O)N2CCC[C@H]2C(=O)O)cc1. The minimum absolute atomic E-state index is 0.300. The van der Waals surface area contributed by atoms with E-state index in [1.165, 1.54) is 10.5 Å². The zero-order chi connectivity index (χ0) is 13.8. The van der Waals surface area contributed by atoms with Gasteiger partial charge in [0.05, 0.1) is 0 Å². The van der Waals surface area contributed by atoms with Gasteiger partial charge >= 0.3 is 12.0 Å². The number of carboxylic acids is 1. The van der Waals surface area contributed by atoms with Crippen molar-refractivity contribution < 1.29 is 14.7 Å². The Kier molecular flexibility index (Phi) is 4.04. The van der Waals surface area contributed by atoms with E-state index in [4.69, 9.17) is 5.11 Å². The van der Waals surface area contributed by atoms with E-state index in [9.17, 15) is 9.59 Å². The van der Waals surface area contributed by atoms with Crippen LogP contribution in [0.5, 0.6) is 0 Å². The Labute approximate surface area is 112 Å². The molecule has 0 unspecified atom stereocenters. The quantitative estimate of drug-likeness (QED) is 0.872. The fourth-order valence-corrected chi connectivity index (χ4v) is 2.25. The van der Waals surface area contributed by atoms with E-state index < -0.39 is 12.0 Å². The summed E-state index contributed by atoms with van der Waals surface area (Å²) in [6.45, 7) is 2.93. The summed E-state index contributed by atoms with van der Waals surface area (Å²) in [6, 6.07) is 6.89. The summed E-state index contributed by atoms with van der Waals surface area (Å²) in [4.78, 5) is 24.4. The molecule has 102 valence electrons. The molecule has 0 saturated carbocycles. The number of urea groups is 1. The number of nitrogens with one attached hydrogen (secondary N) is 1. The molecule has 0 aliphatic carbocycles. The monoisotopic (exact) mass is 262 g/mol. The van der Waals surface area contributed by atoms with Crippen molar-refractivity contribution in [2.75, 3.05) is 6.54 Å². The van der Waals surface area contributed by atoms with Crippen LogP contribution in [0.15, 0.2) is 24.3 Å². The van der Waals surface area contributed by atoms with Crippen LogP contribution in [0.2, 0.25) is 0 Å². The largest absolute Gasteiger partial charge is 0.480 e. The molecule has 1 atom stereocenters. The van der Waals surface area contributed by atoms with Crippen molar-refractivity contribution in [2.24, 2.45) is 0 Å². The number of aryl methyl sites for hydroxylation is 1. The molecule has 2 amide bonds. The fraction of sp³-hybridized carbons (Fsp3) is 0.429. The van der Waals surface area contributed by atoms with E-state index >= 15 is 0 Å². The second kappa shape index (κ2) is 5.73. The van der Waals surface area contributed by atoms with Gasteiger partial charge in [0.2, 0.25) is 0 Å². The maximum atomic E-state index is 12.0. The van der Waals surface area contributed by atoms with Gasteiger partial charge in [-0.15, -0.1) is 0 Å². The third kappa shape index (κ3) is 3.24. The normalized spacial score (nSPS) is 18.4. The zero-order valence-electron chi connectivity index (χ0n) is 10.9. The summed E-state index contributed by atoms with van der Waals surface area (Å²) < 4.78 is 0. The third-order valence-corrected chi connectivity index (χ3v) is 3.36. The van der Waals surface area contributed by atoms with E-state index in [1.54, 1.807) is 0 Å². The predicted octanol–water partition coefficient (Wildman–Crippen LogP) is 1.75. The molecule has 1 aliphatic heterocycles. The molecule has 1 aromatic rings. The average Bonchev–Trinajstić information content (AvgIpc) is 2.87. The zero-order valence-corrected chi connectivity index (χ0v) is 10.9. The Morgan fingerprint density at radius 2 is 2.05 bits per heavy atom. The molecule has 0 aromatic heterocycles. The number of carbonyl (C=O) groups is 2. The van der Waals surface area contributed by atoms with Crippen molar-refractivity contribution in [2.45, 2.75) is 32.4 Å². The highest BCUT2D eigenvalue weighted by atomic mass is 16.4. The van der Waals surface area contributed by atoms with Crippen LogP contribution in [0.3, 0.4) is 0 Å². The number of carbonyl (C=O) groups excluding carboxylic acids is 1. The molecule has 1 aromatic carbocycles. The molecule has 1 aliphatic rings. The lowest BCUT2D eigenvalue weighted by Gasteiger charge is -2.21. The van der Waals surface area contributed by atoms with E-state index in [0.29, 0.717) is 19.5 Å². The Morgan fingerprint density at radius 3 is 2.68 bits per heavy atom. The molecule has 0 radical (unpaired) electrons. The van der Waals surface area contributed by atoms with Crippen molar-refractivity contribution in [1.29, 1.82) is 0 Å². The van der Waals surface area contributed by atoms with Gasteiger partial charge in [-0.25, -0.2) is 9.59 Å². The Hall–Kier alpha value is -2.04. The molecule has 5 nitrogen and oxygen atoms in total. The number of carboxylic acid groups (broad SMARTS) is 1. The molecular formula is C14H18N2O3. The molecule has 2 N–H and O–H groups in total. The van der Waals surface area contributed by atoms with Crippen LogP contribution in [-0.4, -0.2) is 34.6 Å². The van der Waals surface area contributed by atoms with Gasteiger partial charge in [0, 0.05) is 13.1 Å². The Balaban J connectivity index is 1.90. The van der Waals surface area contributed by atoms with Gasteiger partial charge in [0.25, 0.3) is 0 Å². The fourth-order valence-electron chi connectivity index (χ4n) is 2.25. The molecular weight excluding hydrogens is 244 g/mol. The lowest BCUT2D eigenvalue weighted by molar-refractivity contribution is -0.141. The smallest absolute Gasteiger partial charge is 0.326 e. The molecule has 19 heavy (non-hydrogen) atoms. The molecule has 2 rings (SSSR count). The van der Waals surface area contributed by atoms with Gasteiger partial charge in [-0.05, 0) is 25.3 Å². The van der Waals surface area contributed by atoms with Crippen molar-refractivity contribution >= 4 is 12.0 Å². The first-order valence-electron chi connectivity index (χ1n) is 6.41. The van der Waals surface area contributed by atoms with Gasteiger partial charge in [-0.3, -0.25) is 0 Å². The minimum atomic E-state index is -0.928. The third-order valence-electron chi connectivity index (χ3n) is 3.36.